The number of hydrogen-bond acceptors (Lipinski definition) is 2. The molecule has 0 aliphatic carbocycles. The molecule has 1 amide bonds. The Labute approximate surface area is 71.4 Å². The zero-order valence-electron chi connectivity index (χ0n) is 6.38. The van der Waals surface area contributed by atoms with Gasteiger partial charge in [-0.15, -0.1) is 0 Å². The third kappa shape index (κ3) is 2.11. The van der Waals surface area contributed by atoms with Gasteiger partial charge in [0.2, 0.25) is 11.5 Å². The molecule has 0 saturated carbocycles. The number of aromatic nitrogens is 1. The van der Waals surface area contributed by atoms with E-state index in [1.54, 1.807) is 0 Å². The summed E-state index contributed by atoms with van der Waals surface area (Å²) in [4.78, 5) is 23.2. The Balaban J connectivity index is 3.27. The second-order valence-corrected chi connectivity index (χ2v) is 2.35. The highest BCUT2D eigenvalue weighted by molar-refractivity contribution is 5.92. The molecule has 1 aromatic rings. The van der Waals surface area contributed by atoms with E-state index < -0.39 is 23.6 Å². The van der Waals surface area contributed by atoms with Crippen molar-refractivity contribution < 1.29 is 13.6 Å². The first-order valence-corrected chi connectivity index (χ1v) is 3.33. The van der Waals surface area contributed by atoms with Crippen molar-refractivity contribution in [2.45, 2.75) is 6.43 Å². The van der Waals surface area contributed by atoms with Crippen LogP contribution in [0.2, 0.25) is 0 Å². The van der Waals surface area contributed by atoms with Crippen molar-refractivity contribution in [3.05, 3.63) is 33.7 Å². The van der Waals surface area contributed by atoms with E-state index in [9.17, 15) is 18.4 Å². The number of primary amides is 1. The molecule has 1 heterocycles. The molecular formula is C7H6F2N2O2. The molecule has 13 heavy (non-hydrogen) atoms. The summed E-state index contributed by atoms with van der Waals surface area (Å²) in [7, 11) is 0. The Bertz CT molecular complexity index is 386. The van der Waals surface area contributed by atoms with Crippen LogP contribution in [-0.2, 0) is 0 Å². The minimum absolute atomic E-state index is 0.223. The first-order chi connectivity index (χ1) is 6.00. The average molecular weight is 188 g/mol. The minimum Gasteiger partial charge on any atom is -0.366 e. The first kappa shape index (κ1) is 9.37. The fourth-order valence-corrected chi connectivity index (χ4v) is 0.825. The molecule has 0 aliphatic heterocycles. The maximum Gasteiger partial charge on any atom is 0.278 e. The molecule has 0 aromatic carbocycles. The second-order valence-electron chi connectivity index (χ2n) is 2.35. The number of pyridine rings is 1. The highest BCUT2D eigenvalue weighted by Gasteiger charge is 2.11. The lowest BCUT2D eigenvalue weighted by atomic mass is 10.2. The number of aromatic amines is 1. The molecule has 0 radical (unpaired) electrons. The van der Waals surface area contributed by atoms with Crippen LogP contribution in [0, 0.1) is 0 Å². The third-order valence-corrected chi connectivity index (χ3v) is 1.38. The van der Waals surface area contributed by atoms with Crippen LogP contribution in [-0.4, -0.2) is 10.9 Å². The van der Waals surface area contributed by atoms with Crippen LogP contribution in [0.1, 0.15) is 22.5 Å². The van der Waals surface area contributed by atoms with Crippen LogP contribution < -0.4 is 11.3 Å². The van der Waals surface area contributed by atoms with Crippen molar-refractivity contribution in [1.82, 2.24) is 4.98 Å². The molecule has 1 rings (SSSR count). The standard InChI is InChI=1S/C7H6F2N2O2/c8-6(9)4-1-3(7(10)13)2-5(12)11-4/h1-2,6H,(H2,10,13)(H,11,12). The number of nitrogens with two attached hydrogens (primary N) is 1. The van der Waals surface area contributed by atoms with Crippen molar-refractivity contribution in [1.29, 1.82) is 0 Å². The number of rotatable bonds is 2. The molecule has 0 aliphatic rings. The van der Waals surface area contributed by atoms with Gasteiger partial charge in [0.15, 0.2) is 0 Å². The van der Waals surface area contributed by atoms with Crippen molar-refractivity contribution in [2.75, 3.05) is 0 Å². The smallest absolute Gasteiger partial charge is 0.278 e. The lowest BCUT2D eigenvalue weighted by molar-refractivity contribution is 0.0999. The number of halogens is 2. The normalized spacial score (nSPS) is 10.4. The van der Waals surface area contributed by atoms with Gasteiger partial charge in [-0.1, -0.05) is 0 Å². The molecule has 0 fully saturated rings. The molecule has 3 N–H and O–H groups in total. The van der Waals surface area contributed by atoms with Crippen LogP contribution >= 0.6 is 0 Å². The number of amides is 1. The Hall–Kier alpha value is -1.72. The number of carbonyl (C=O) groups excluding carboxylic acids is 1. The van der Waals surface area contributed by atoms with E-state index in [1.165, 1.54) is 0 Å². The molecule has 0 atom stereocenters. The summed E-state index contributed by atoms with van der Waals surface area (Å²) in [6.07, 6.45) is -2.83. The lowest BCUT2D eigenvalue weighted by Gasteiger charge is -2.00. The third-order valence-electron chi connectivity index (χ3n) is 1.38. The van der Waals surface area contributed by atoms with Crippen LogP contribution in [0.15, 0.2) is 16.9 Å². The molecule has 0 spiro atoms. The Morgan fingerprint density at radius 3 is 2.54 bits per heavy atom. The summed E-state index contributed by atoms with van der Waals surface area (Å²) in [5, 5.41) is 0. The minimum atomic E-state index is -2.83. The summed E-state index contributed by atoms with van der Waals surface area (Å²) in [6.45, 7) is 0. The molecular weight excluding hydrogens is 182 g/mol. The predicted molar refractivity (Wildman–Crippen MR) is 40.5 cm³/mol. The van der Waals surface area contributed by atoms with E-state index in [0.717, 1.165) is 12.1 Å². The van der Waals surface area contributed by atoms with Crippen molar-refractivity contribution in [3.8, 4) is 0 Å². The molecule has 0 saturated heterocycles. The topological polar surface area (TPSA) is 76.0 Å². The van der Waals surface area contributed by atoms with E-state index in [2.05, 4.69) is 0 Å². The van der Waals surface area contributed by atoms with Gasteiger partial charge in [-0.3, -0.25) is 9.59 Å². The van der Waals surface area contributed by atoms with Gasteiger partial charge in [-0.2, -0.15) is 0 Å². The Kier molecular flexibility index (Phi) is 2.41. The molecule has 6 heteroatoms. The lowest BCUT2D eigenvalue weighted by Crippen LogP contribution is -2.17. The highest BCUT2D eigenvalue weighted by atomic mass is 19.3. The fourth-order valence-electron chi connectivity index (χ4n) is 0.825. The van der Waals surface area contributed by atoms with Gasteiger partial charge in [-0.05, 0) is 6.07 Å². The number of alkyl halides is 2. The van der Waals surface area contributed by atoms with Crippen LogP contribution in [0.5, 0.6) is 0 Å². The molecule has 70 valence electrons. The summed E-state index contributed by atoms with van der Waals surface area (Å²) in [5.74, 6) is -0.909. The van der Waals surface area contributed by atoms with E-state index in [0.29, 0.717) is 0 Å². The number of nitrogens with one attached hydrogen (secondary N) is 1. The largest absolute Gasteiger partial charge is 0.366 e. The van der Waals surface area contributed by atoms with Gasteiger partial charge >= 0.3 is 0 Å². The first-order valence-electron chi connectivity index (χ1n) is 3.33. The quantitative estimate of drug-likeness (QED) is 0.705. The van der Waals surface area contributed by atoms with Gasteiger partial charge in [0.05, 0.1) is 5.69 Å². The number of H-pyrrole nitrogens is 1. The van der Waals surface area contributed by atoms with Gasteiger partial charge < -0.3 is 10.7 Å². The fraction of sp³-hybridized carbons (Fsp3) is 0.143. The number of carbonyl (C=O) groups is 1. The monoisotopic (exact) mass is 188 g/mol. The summed E-state index contributed by atoms with van der Waals surface area (Å²) < 4.78 is 24.1. The van der Waals surface area contributed by atoms with Crippen molar-refractivity contribution >= 4 is 5.91 Å². The maximum atomic E-state index is 12.1. The van der Waals surface area contributed by atoms with Gasteiger partial charge in [0, 0.05) is 11.6 Å². The summed E-state index contributed by atoms with van der Waals surface area (Å²) >= 11 is 0. The summed E-state index contributed by atoms with van der Waals surface area (Å²) in [6, 6.07) is 1.72. The Morgan fingerprint density at radius 2 is 2.08 bits per heavy atom. The van der Waals surface area contributed by atoms with Crippen LogP contribution in [0.4, 0.5) is 8.78 Å². The van der Waals surface area contributed by atoms with Crippen molar-refractivity contribution in [2.24, 2.45) is 5.73 Å². The SMILES string of the molecule is NC(=O)c1cc(C(F)F)[nH]c(=O)c1. The van der Waals surface area contributed by atoms with Crippen molar-refractivity contribution in [3.63, 3.8) is 0 Å². The van der Waals surface area contributed by atoms with Gasteiger partial charge in [0.1, 0.15) is 0 Å². The zero-order chi connectivity index (χ0) is 10.0. The number of hydrogen-bond donors (Lipinski definition) is 2. The van der Waals surface area contributed by atoms with E-state index in [-0.39, 0.29) is 5.56 Å². The molecule has 4 nitrogen and oxygen atoms in total. The van der Waals surface area contributed by atoms with E-state index in [1.807, 2.05) is 4.98 Å². The highest BCUT2D eigenvalue weighted by Crippen LogP contribution is 2.15. The summed E-state index contributed by atoms with van der Waals surface area (Å²) in [5.41, 5.74) is 3.21. The predicted octanol–water partition coefficient (Wildman–Crippen LogP) is 0.411. The van der Waals surface area contributed by atoms with E-state index >= 15 is 0 Å². The molecule has 0 unspecified atom stereocenters. The van der Waals surface area contributed by atoms with E-state index in [4.69, 9.17) is 5.73 Å². The Morgan fingerprint density at radius 1 is 1.46 bits per heavy atom. The molecule has 1 aromatic heterocycles. The average Bonchev–Trinajstić information content (AvgIpc) is 2.03. The zero-order valence-corrected chi connectivity index (χ0v) is 6.38. The molecule has 0 bridgehead atoms. The van der Waals surface area contributed by atoms with Gasteiger partial charge in [-0.25, -0.2) is 8.78 Å². The van der Waals surface area contributed by atoms with Crippen LogP contribution in [0.3, 0.4) is 0 Å². The van der Waals surface area contributed by atoms with Crippen LogP contribution in [0.25, 0.3) is 0 Å². The maximum absolute atomic E-state index is 12.1. The second kappa shape index (κ2) is 3.34. The van der Waals surface area contributed by atoms with Gasteiger partial charge in [0.25, 0.3) is 6.43 Å².